The van der Waals surface area contributed by atoms with Crippen LogP contribution in [0.3, 0.4) is 0 Å². The number of halogens is 1. The summed E-state index contributed by atoms with van der Waals surface area (Å²) in [6.45, 7) is 0.225. The number of carbonyl (C=O) groups is 1. The molecule has 0 aliphatic heterocycles. The minimum atomic E-state index is -0.596. The lowest BCUT2D eigenvalue weighted by Gasteiger charge is -2.11. The Morgan fingerprint density at radius 1 is 1.26 bits per heavy atom. The maximum atomic E-state index is 11.7. The van der Waals surface area contributed by atoms with Gasteiger partial charge in [-0.15, -0.1) is 11.3 Å². The van der Waals surface area contributed by atoms with Gasteiger partial charge in [-0.25, -0.2) is 0 Å². The van der Waals surface area contributed by atoms with Gasteiger partial charge in [-0.3, -0.25) is 4.79 Å². The van der Waals surface area contributed by atoms with Crippen molar-refractivity contribution in [3.63, 3.8) is 0 Å². The van der Waals surface area contributed by atoms with Crippen LogP contribution < -0.4 is 5.32 Å². The van der Waals surface area contributed by atoms with Gasteiger partial charge >= 0.3 is 0 Å². The molecule has 2 rings (SSSR count). The van der Waals surface area contributed by atoms with Crippen LogP contribution in [0, 0.1) is 0 Å². The maximum Gasteiger partial charge on any atom is 0.261 e. The van der Waals surface area contributed by atoms with E-state index in [1.807, 2.05) is 30.3 Å². The monoisotopic (exact) mass is 295 g/mol. The first-order valence-corrected chi connectivity index (χ1v) is 7.10. The van der Waals surface area contributed by atoms with E-state index in [2.05, 4.69) is 5.32 Å². The van der Waals surface area contributed by atoms with Gasteiger partial charge in [-0.05, 0) is 17.7 Å². The zero-order chi connectivity index (χ0) is 13.7. The Labute approximate surface area is 120 Å². The Bertz CT molecular complexity index is 541. The summed E-state index contributed by atoms with van der Waals surface area (Å²) in [5.74, 6) is -0.205. The fraction of sp³-hybridized carbons (Fsp3) is 0.214. The second kappa shape index (κ2) is 6.70. The molecule has 1 aromatic heterocycles. The van der Waals surface area contributed by atoms with E-state index in [0.717, 1.165) is 5.56 Å². The van der Waals surface area contributed by atoms with E-state index in [1.54, 1.807) is 12.1 Å². The molecular weight excluding hydrogens is 282 g/mol. The van der Waals surface area contributed by atoms with E-state index >= 15 is 0 Å². The van der Waals surface area contributed by atoms with Crippen molar-refractivity contribution in [3.8, 4) is 0 Å². The van der Waals surface area contributed by atoms with Crippen LogP contribution in [0.4, 0.5) is 0 Å². The number of hydrogen-bond acceptors (Lipinski definition) is 3. The number of nitrogens with one attached hydrogen (secondary N) is 1. The number of hydrogen-bond donors (Lipinski definition) is 2. The van der Waals surface area contributed by atoms with Crippen LogP contribution in [-0.4, -0.2) is 23.7 Å². The number of benzene rings is 1. The van der Waals surface area contributed by atoms with E-state index in [0.29, 0.717) is 15.6 Å². The number of thiophene rings is 1. The van der Waals surface area contributed by atoms with Crippen LogP contribution in [0.5, 0.6) is 0 Å². The van der Waals surface area contributed by atoms with E-state index in [9.17, 15) is 9.90 Å². The molecule has 0 fully saturated rings. The van der Waals surface area contributed by atoms with Crippen molar-refractivity contribution < 1.29 is 9.90 Å². The van der Waals surface area contributed by atoms with Crippen LogP contribution >= 0.6 is 22.9 Å². The summed E-state index contributed by atoms with van der Waals surface area (Å²) in [6.07, 6.45) is -0.0754. The van der Waals surface area contributed by atoms with Crippen molar-refractivity contribution >= 4 is 28.8 Å². The normalized spacial score (nSPS) is 12.1. The zero-order valence-corrected chi connectivity index (χ0v) is 11.7. The van der Waals surface area contributed by atoms with Crippen molar-refractivity contribution in [1.82, 2.24) is 5.32 Å². The summed E-state index contributed by atoms with van der Waals surface area (Å²) in [6, 6.07) is 13.0. The highest BCUT2D eigenvalue weighted by molar-refractivity contribution is 7.17. The topological polar surface area (TPSA) is 49.3 Å². The number of aliphatic hydroxyl groups is 1. The summed E-state index contributed by atoms with van der Waals surface area (Å²) < 4.78 is 0.579. The van der Waals surface area contributed by atoms with Gasteiger partial charge in [-0.1, -0.05) is 41.9 Å². The smallest absolute Gasteiger partial charge is 0.261 e. The molecule has 100 valence electrons. The molecule has 2 N–H and O–H groups in total. The Morgan fingerprint density at radius 3 is 2.63 bits per heavy atom. The summed E-state index contributed by atoms with van der Waals surface area (Å²) in [5.41, 5.74) is 1.04. The summed E-state index contributed by atoms with van der Waals surface area (Å²) in [7, 11) is 0. The molecule has 0 aliphatic carbocycles. The minimum absolute atomic E-state index is 0.205. The van der Waals surface area contributed by atoms with Crippen LogP contribution in [-0.2, 0) is 6.42 Å². The average Bonchev–Trinajstić information content (AvgIpc) is 2.84. The van der Waals surface area contributed by atoms with Crippen molar-refractivity contribution in [2.24, 2.45) is 0 Å². The first-order chi connectivity index (χ1) is 9.15. The van der Waals surface area contributed by atoms with Crippen LogP contribution in [0.15, 0.2) is 42.5 Å². The van der Waals surface area contributed by atoms with Gasteiger partial charge in [0.25, 0.3) is 5.91 Å². The average molecular weight is 296 g/mol. The zero-order valence-electron chi connectivity index (χ0n) is 10.2. The van der Waals surface area contributed by atoms with Gasteiger partial charge in [0.15, 0.2) is 0 Å². The van der Waals surface area contributed by atoms with Crippen molar-refractivity contribution in [1.29, 1.82) is 0 Å². The Hall–Kier alpha value is -1.36. The molecule has 1 aromatic carbocycles. The standard InChI is InChI=1S/C14H14ClNO2S/c15-13-7-6-12(19-13)14(18)16-9-11(17)8-10-4-2-1-3-5-10/h1-7,11,17H,8-9H2,(H,16,18). The van der Waals surface area contributed by atoms with Gasteiger partial charge in [-0.2, -0.15) is 0 Å². The molecule has 0 saturated heterocycles. The minimum Gasteiger partial charge on any atom is -0.391 e. The predicted octanol–water partition coefficient (Wildman–Crippen LogP) is 2.73. The lowest BCUT2D eigenvalue weighted by atomic mass is 10.1. The summed E-state index contributed by atoms with van der Waals surface area (Å²) in [5, 5.41) is 12.6. The predicted molar refractivity (Wildman–Crippen MR) is 77.8 cm³/mol. The third kappa shape index (κ3) is 4.35. The molecule has 2 aromatic rings. The molecule has 0 saturated carbocycles. The molecule has 1 amide bonds. The van der Waals surface area contributed by atoms with E-state index < -0.39 is 6.10 Å². The van der Waals surface area contributed by atoms with E-state index in [-0.39, 0.29) is 12.5 Å². The highest BCUT2D eigenvalue weighted by atomic mass is 35.5. The fourth-order valence-corrected chi connectivity index (χ4v) is 2.65. The number of aliphatic hydroxyl groups excluding tert-OH is 1. The largest absolute Gasteiger partial charge is 0.391 e. The first kappa shape index (κ1) is 14.1. The number of amides is 1. The third-order valence-electron chi connectivity index (χ3n) is 2.61. The lowest BCUT2D eigenvalue weighted by Crippen LogP contribution is -2.32. The Kier molecular flexibility index (Phi) is 4.96. The van der Waals surface area contributed by atoms with Gasteiger partial charge in [0, 0.05) is 13.0 Å². The molecule has 3 nitrogen and oxygen atoms in total. The molecule has 1 unspecified atom stereocenters. The quantitative estimate of drug-likeness (QED) is 0.891. The van der Waals surface area contributed by atoms with E-state index in [4.69, 9.17) is 11.6 Å². The molecule has 0 bridgehead atoms. The van der Waals surface area contributed by atoms with Crippen LogP contribution in [0.1, 0.15) is 15.2 Å². The molecule has 0 radical (unpaired) electrons. The van der Waals surface area contributed by atoms with Gasteiger partial charge in [0.05, 0.1) is 15.3 Å². The van der Waals surface area contributed by atoms with Crippen molar-refractivity contribution in [2.75, 3.05) is 6.54 Å². The molecule has 1 atom stereocenters. The molecule has 0 spiro atoms. The molecule has 19 heavy (non-hydrogen) atoms. The summed E-state index contributed by atoms with van der Waals surface area (Å²) >= 11 is 6.99. The summed E-state index contributed by atoms with van der Waals surface area (Å²) in [4.78, 5) is 12.3. The van der Waals surface area contributed by atoms with E-state index in [1.165, 1.54) is 11.3 Å². The molecule has 0 aliphatic rings. The van der Waals surface area contributed by atoms with Gasteiger partial charge in [0.2, 0.25) is 0 Å². The molecular formula is C14H14ClNO2S. The maximum absolute atomic E-state index is 11.7. The SMILES string of the molecule is O=C(NCC(O)Cc1ccccc1)c1ccc(Cl)s1. The molecule has 1 heterocycles. The molecule has 5 heteroatoms. The first-order valence-electron chi connectivity index (χ1n) is 5.90. The third-order valence-corrected chi connectivity index (χ3v) is 3.84. The van der Waals surface area contributed by atoms with Crippen molar-refractivity contribution in [2.45, 2.75) is 12.5 Å². The Morgan fingerprint density at radius 2 is 2.00 bits per heavy atom. The highest BCUT2D eigenvalue weighted by Gasteiger charge is 2.11. The van der Waals surface area contributed by atoms with Gasteiger partial charge in [0.1, 0.15) is 0 Å². The van der Waals surface area contributed by atoms with Gasteiger partial charge < -0.3 is 10.4 Å². The van der Waals surface area contributed by atoms with Crippen LogP contribution in [0.2, 0.25) is 4.34 Å². The van der Waals surface area contributed by atoms with Crippen LogP contribution in [0.25, 0.3) is 0 Å². The second-order valence-electron chi connectivity index (χ2n) is 4.16. The fourth-order valence-electron chi connectivity index (χ4n) is 1.69. The lowest BCUT2D eigenvalue weighted by molar-refractivity contribution is 0.0920. The number of carbonyl (C=O) groups excluding carboxylic acids is 1. The Balaban J connectivity index is 1.80. The second-order valence-corrected chi connectivity index (χ2v) is 5.87. The highest BCUT2D eigenvalue weighted by Crippen LogP contribution is 2.21. The number of rotatable bonds is 5. The van der Waals surface area contributed by atoms with Crippen molar-refractivity contribution in [3.05, 3.63) is 57.2 Å².